The molecule has 2 N–H and O–H groups in total. The third-order valence-corrected chi connectivity index (χ3v) is 3.99. The number of nitrogens with zero attached hydrogens (tertiary/aromatic N) is 2. The molecule has 2 heterocycles. The van der Waals surface area contributed by atoms with Crippen LogP contribution < -0.4 is 5.73 Å². The number of halogens is 2. The van der Waals surface area contributed by atoms with Crippen molar-refractivity contribution in [3.05, 3.63) is 30.1 Å². The molecule has 1 unspecified atom stereocenters. The highest BCUT2D eigenvalue weighted by Gasteiger charge is 2.34. The topological polar surface area (TPSA) is 59.2 Å². The molecule has 1 amide bonds. The molecule has 0 saturated carbocycles. The van der Waals surface area contributed by atoms with Crippen molar-refractivity contribution < 1.29 is 4.79 Å². The Balaban J connectivity index is 0.00000200. The number of amides is 1. The van der Waals surface area contributed by atoms with Gasteiger partial charge in [0.1, 0.15) is 0 Å². The summed E-state index contributed by atoms with van der Waals surface area (Å²) in [4.78, 5) is 18.4. The van der Waals surface area contributed by atoms with E-state index in [1.54, 1.807) is 6.20 Å². The van der Waals surface area contributed by atoms with Crippen molar-refractivity contribution in [3.8, 4) is 0 Å². The zero-order chi connectivity index (χ0) is 13.9. The number of piperidine rings is 1. The van der Waals surface area contributed by atoms with E-state index in [1.165, 1.54) is 0 Å². The molecule has 2 rings (SSSR count). The van der Waals surface area contributed by atoms with Crippen molar-refractivity contribution >= 4 is 30.7 Å². The molecule has 1 saturated heterocycles. The second kappa shape index (κ2) is 8.57. The van der Waals surface area contributed by atoms with Crippen LogP contribution in [0.2, 0.25) is 0 Å². The summed E-state index contributed by atoms with van der Waals surface area (Å²) < 4.78 is 0. The highest BCUT2D eigenvalue weighted by atomic mass is 35.5. The second-order valence-electron chi connectivity index (χ2n) is 6.02. The summed E-state index contributed by atoms with van der Waals surface area (Å²) in [5.74, 6) is 0.214. The van der Waals surface area contributed by atoms with Crippen LogP contribution in [-0.2, 0) is 11.2 Å². The number of aromatic nitrogens is 1. The molecule has 1 aliphatic heterocycles. The molecule has 21 heavy (non-hydrogen) atoms. The average molecular weight is 334 g/mol. The lowest BCUT2D eigenvalue weighted by molar-refractivity contribution is -0.134. The first-order valence-electron chi connectivity index (χ1n) is 6.92. The van der Waals surface area contributed by atoms with Gasteiger partial charge < -0.3 is 10.6 Å². The first kappa shape index (κ1) is 20.2. The first-order valence-corrected chi connectivity index (χ1v) is 6.92. The summed E-state index contributed by atoms with van der Waals surface area (Å²) in [7, 11) is 0. The van der Waals surface area contributed by atoms with Crippen LogP contribution in [0.3, 0.4) is 0 Å². The largest absolute Gasteiger partial charge is 0.342 e. The van der Waals surface area contributed by atoms with Gasteiger partial charge in [-0.15, -0.1) is 24.8 Å². The lowest BCUT2D eigenvalue weighted by Gasteiger charge is -2.42. The van der Waals surface area contributed by atoms with Crippen LogP contribution in [0.15, 0.2) is 24.4 Å². The van der Waals surface area contributed by atoms with E-state index in [4.69, 9.17) is 5.73 Å². The van der Waals surface area contributed by atoms with Crippen molar-refractivity contribution in [1.82, 2.24) is 9.88 Å². The maximum Gasteiger partial charge on any atom is 0.222 e. The summed E-state index contributed by atoms with van der Waals surface area (Å²) in [5.41, 5.74) is 7.08. The lowest BCUT2D eigenvalue weighted by Crippen LogP contribution is -2.54. The summed E-state index contributed by atoms with van der Waals surface area (Å²) in [6.45, 7) is 5.81. The summed E-state index contributed by atoms with van der Waals surface area (Å²) in [6.07, 6.45) is 3.90. The minimum Gasteiger partial charge on any atom is -0.342 e. The molecule has 0 aromatic carbocycles. The quantitative estimate of drug-likeness (QED) is 0.924. The van der Waals surface area contributed by atoms with Crippen LogP contribution >= 0.6 is 24.8 Å². The van der Waals surface area contributed by atoms with Gasteiger partial charge in [0.15, 0.2) is 0 Å². The van der Waals surface area contributed by atoms with Gasteiger partial charge in [0, 0.05) is 37.4 Å². The standard InChI is InChI=1S/C15H23N3O.2ClH/c1-15(2)11-18(10-8-13(15)16)14(19)7-6-12-5-3-4-9-17-12;;/h3-5,9,13H,6-8,10-11,16H2,1-2H3;2*1H. The van der Waals surface area contributed by atoms with Crippen LogP contribution in [0.25, 0.3) is 0 Å². The maximum absolute atomic E-state index is 12.2. The Hall–Kier alpha value is -0.840. The summed E-state index contributed by atoms with van der Waals surface area (Å²) in [6, 6.07) is 5.99. The Morgan fingerprint density at radius 1 is 1.43 bits per heavy atom. The molecule has 0 aliphatic carbocycles. The van der Waals surface area contributed by atoms with E-state index >= 15 is 0 Å². The highest BCUT2D eigenvalue weighted by Crippen LogP contribution is 2.28. The monoisotopic (exact) mass is 333 g/mol. The molecular formula is C15H25Cl2N3O. The molecule has 1 fully saturated rings. The van der Waals surface area contributed by atoms with Gasteiger partial charge in [-0.05, 0) is 30.4 Å². The number of aryl methyl sites for hydroxylation is 1. The van der Waals surface area contributed by atoms with Crippen molar-refractivity contribution in [1.29, 1.82) is 0 Å². The fourth-order valence-electron chi connectivity index (χ4n) is 2.53. The maximum atomic E-state index is 12.2. The molecule has 1 atom stereocenters. The predicted molar refractivity (Wildman–Crippen MR) is 90.0 cm³/mol. The van der Waals surface area contributed by atoms with E-state index in [9.17, 15) is 4.79 Å². The van der Waals surface area contributed by atoms with E-state index in [0.717, 1.165) is 25.2 Å². The van der Waals surface area contributed by atoms with E-state index in [0.29, 0.717) is 12.8 Å². The number of pyridine rings is 1. The van der Waals surface area contributed by atoms with Crippen molar-refractivity contribution in [2.45, 2.75) is 39.2 Å². The van der Waals surface area contributed by atoms with Crippen LogP contribution in [0, 0.1) is 5.41 Å². The van der Waals surface area contributed by atoms with E-state index in [-0.39, 0.29) is 42.2 Å². The molecule has 0 bridgehead atoms. The van der Waals surface area contributed by atoms with Crippen molar-refractivity contribution in [2.24, 2.45) is 11.1 Å². The third kappa shape index (κ3) is 5.46. The molecule has 1 aromatic heterocycles. The molecule has 120 valence electrons. The van der Waals surface area contributed by atoms with Gasteiger partial charge in [0.25, 0.3) is 0 Å². The number of hydrogen-bond acceptors (Lipinski definition) is 3. The number of likely N-dealkylation sites (tertiary alicyclic amines) is 1. The molecule has 1 aromatic rings. The Kier molecular flexibility index (Phi) is 8.22. The van der Waals surface area contributed by atoms with Crippen LogP contribution in [0.5, 0.6) is 0 Å². The number of hydrogen-bond donors (Lipinski definition) is 1. The van der Waals surface area contributed by atoms with E-state index < -0.39 is 0 Å². The van der Waals surface area contributed by atoms with E-state index in [1.807, 2.05) is 23.1 Å². The van der Waals surface area contributed by atoms with Crippen molar-refractivity contribution in [2.75, 3.05) is 13.1 Å². The molecular weight excluding hydrogens is 309 g/mol. The van der Waals surface area contributed by atoms with Gasteiger partial charge in [-0.25, -0.2) is 0 Å². The zero-order valence-electron chi connectivity index (χ0n) is 12.6. The summed E-state index contributed by atoms with van der Waals surface area (Å²) >= 11 is 0. The molecule has 4 nitrogen and oxygen atoms in total. The van der Waals surface area contributed by atoms with Gasteiger partial charge in [-0.1, -0.05) is 19.9 Å². The first-order chi connectivity index (χ1) is 8.99. The molecule has 6 heteroatoms. The van der Waals surface area contributed by atoms with E-state index in [2.05, 4.69) is 18.8 Å². The fourth-order valence-corrected chi connectivity index (χ4v) is 2.53. The third-order valence-electron chi connectivity index (χ3n) is 3.99. The Labute approximate surface area is 139 Å². The number of carbonyl (C=O) groups is 1. The molecule has 0 radical (unpaired) electrons. The van der Waals surface area contributed by atoms with Gasteiger partial charge in [-0.2, -0.15) is 0 Å². The number of rotatable bonds is 3. The average Bonchev–Trinajstić information content (AvgIpc) is 2.40. The smallest absolute Gasteiger partial charge is 0.222 e. The van der Waals surface area contributed by atoms with Crippen molar-refractivity contribution in [3.63, 3.8) is 0 Å². The fraction of sp³-hybridized carbons (Fsp3) is 0.600. The van der Waals surface area contributed by atoms with Crippen LogP contribution in [-0.4, -0.2) is 34.9 Å². The Bertz CT molecular complexity index is 440. The zero-order valence-corrected chi connectivity index (χ0v) is 14.3. The summed E-state index contributed by atoms with van der Waals surface area (Å²) in [5, 5.41) is 0. The van der Waals surface area contributed by atoms with Gasteiger partial charge in [0.05, 0.1) is 0 Å². The van der Waals surface area contributed by atoms with Crippen LogP contribution in [0.4, 0.5) is 0 Å². The minimum absolute atomic E-state index is 0. The normalized spacial score (nSPS) is 20.1. The van der Waals surface area contributed by atoms with Gasteiger partial charge in [0.2, 0.25) is 5.91 Å². The minimum atomic E-state index is 0. The Morgan fingerprint density at radius 2 is 2.14 bits per heavy atom. The second-order valence-corrected chi connectivity index (χ2v) is 6.02. The molecule has 0 spiro atoms. The Morgan fingerprint density at radius 3 is 2.71 bits per heavy atom. The number of carbonyl (C=O) groups excluding carboxylic acids is 1. The SMILES string of the molecule is CC1(C)CN(C(=O)CCc2ccccn2)CCC1N.Cl.Cl. The molecule has 1 aliphatic rings. The predicted octanol–water partition coefficient (Wildman–Crippen LogP) is 2.44. The van der Waals surface area contributed by atoms with Gasteiger partial charge >= 0.3 is 0 Å². The van der Waals surface area contributed by atoms with Crippen LogP contribution in [0.1, 0.15) is 32.4 Å². The number of nitrogens with two attached hydrogens (primary N) is 1. The highest BCUT2D eigenvalue weighted by molar-refractivity contribution is 5.85. The van der Waals surface area contributed by atoms with Gasteiger partial charge in [-0.3, -0.25) is 9.78 Å². The lowest BCUT2D eigenvalue weighted by atomic mass is 9.79.